The molecule has 0 bridgehead atoms. The molecule has 94 valence electrons. The first kappa shape index (κ1) is 13.4. The summed E-state index contributed by atoms with van der Waals surface area (Å²) in [6, 6.07) is 0. The molecule has 0 aromatic carbocycles. The number of ether oxygens (including phenoxy) is 1. The minimum absolute atomic E-state index is 0.180. The highest BCUT2D eigenvalue weighted by Gasteiger charge is 2.18. The first-order valence-electron chi connectivity index (χ1n) is 5.48. The van der Waals surface area contributed by atoms with Crippen LogP contribution >= 0.6 is 0 Å². The largest absolute Gasteiger partial charge is 0.440 e. The molecular formula is C12H18FN3O. The van der Waals surface area contributed by atoms with Crippen LogP contribution in [0.1, 0.15) is 27.2 Å². The van der Waals surface area contributed by atoms with Crippen molar-refractivity contribution < 1.29 is 9.13 Å². The van der Waals surface area contributed by atoms with Gasteiger partial charge in [0.2, 0.25) is 0 Å². The predicted molar refractivity (Wildman–Crippen MR) is 66.3 cm³/mol. The number of hydrogen-bond acceptors (Lipinski definition) is 4. The van der Waals surface area contributed by atoms with Gasteiger partial charge in [-0.15, -0.1) is 0 Å². The first-order chi connectivity index (χ1) is 8.08. The fourth-order valence-electron chi connectivity index (χ4n) is 1.44. The van der Waals surface area contributed by atoms with Gasteiger partial charge in [-0.1, -0.05) is 13.0 Å². The van der Waals surface area contributed by atoms with Gasteiger partial charge in [0.05, 0.1) is 6.20 Å². The van der Waals surface area contributed by atoms with E-state index in [4.69, 9.17) is 10.6 Å². The molecule has 1 aliphatic heterocycles. The maximum absolute atomic E-state index is 13.1. The SMILES string of the molecule is C/C=C\C(OC1=NC=C(NN)C(C)C1)=C(/C)F. The third-order valence-electron chi connectivity index (χ3n) is 2.41. The monoisotopic (exact) mass is 239 g/mol. The Morgan fingerprint density at radius 3 is 2.88 bits per heavy atom. The van der Waals surface area contributed by atoms with E-state index in [1.54, 1.807) is 25.3 Å². The second kappa shape index (κ2) is 6.20. The van der Waals surface area contributed by atoms with E-state index in [1.165, 1.54) is 6.92 Å². The molecule has 0 spiro atoms. The van der Waals surface area contributed by atoms with Crippen molar-refractivity contribution in [1.29, 1.82) is 0 Å². The van der Waals surface area contributed by atoms with E-state index >= 15 is 0 Å². The lowest BCUT2D eigenvalue weighted by Crippen LogP contribution is -2.28. The molecule has 3 N–H and O–H groups in total. The van der Waals surface area contributed by atoms with Crippen LogP contribution in [0.15, 0.2) is 40.6 Å². The van der Waals surface area contributed by atoms with Gasteiger partial charge in [-0.2, -0.15) is 0 Å². The van der Waals surface area contributed by atoms with Crippen molar-refractivity contribution in [2.75, 3.05) is 0 Å². The summed E-state index contributed by atoms with van der Waals surface area (Å²) >= 11 is 0. The molecule has 0 radical (unpaired) electrons. The summed E-state index contributed by atoms with van der Waals surface area (Å²) in [5, 5.41) is 0. The maximum Gasteiger partial charge on any atom is 0.195 e. The molecule has 0 saturated carbocycles. The number of nitrogens with zero attached hydrogens (tertiary/aromatic N) is 1. The zero-order chi connectivity index (χ0) is 12.8. The van der Waals surface area contributed by atoms with Gasteiger partial charge in [-0.3, -0.25) is 5.84 Å². The fraction of sp³-hybridized carbons (Fsp3) is 0.417. The van der Waals surface area contributed by atoms with E-state index in [-0.39, 0.29) is 17.5 Å². The smallest absolute Gasteiger partial charge is 0.195 e. The molecule has 0 aromatic heterocycles. The Labute approximate surface area is 101 Å². The van der Waals surface area contributed by atoms with Gasteiger partial charge < -0.3 is 10.2 Å². The van der Waals surface area contributed by atoms with Crippen LogP contribution in [0.25, 0.3) is 0 Å². The van der Waals surface area contributed by atoms with Gasteiger partial charge in [0, 0.05) is 18.0 Å². The van der Waals surface area contributed by atoms with Crippen molar-refractivity contribution in [2.45, 2.75) is 27.2 Å². The van der Waals surface area contributed by atoms with E-state index in [0.29, 0.717) is 12.3 Å². The number of allylic oxidation sites excluding steroid dienone is 4. The molecule has 0 saturated heterocycles. The lowest BCUT2D eigenvalue weighted by atomic mass is 10.0. The summed E-state index contributed by atoms with van der Waals surface area (Å²) < 4.78 is 18.6. The molecule has 5 heteroatoms. The quantitative estimate of drug-likeness (QED) is 0.344. The lowest BCUT2D eigenvalue weighted by molar-refractivity contribution is 0.380. The minimum Gasteiger partial charge on any atom is -0.440 e. The van der Waals surface area contributed by atoms with Crippen molar-refractivity contribution in [3.8, 4) is 0 Å². The molecule has 1 atom stereocenters. The number of nitrogens with one attached hydrogen (secondary N) is 1. The van der Waals surface area contributed by atoms with Crippen LogP contribution in [-0.4, -0.2) is 5.90 Å². The second-order valence-corrected chi connectivity index (χ2v) is 3.86. The van der Waals surface area contributed by atoms with Gasteiger partial charge in [0.25, 0.3) is 0 Å². The summed E-state index contributed by atoms with van der Waals surface area (Å²) in [6.45, 7) is 5.14. The maximum atomic E-state index is 13.1. The van der Waals surface area contributed by atoms with Gasteiger partial charge in [-0.05, 0) is 19.9 Å². The molecule has 1 heterocycles. The Morgan fingerprint density at radius 2 is 2.41 bits per heavy atom. The molecule has 0 aromatic rings. The zero-order valence-corrected chi connectivity index (χ0v) is 10.3. The Balaban J connectivity index is 2.80. The third kappa shape index (κ3) is 3.71. The second-order valence-electron chi connectivity index (χ2n) is 3.86. The highest BCUT2D eigenvalue weighted by atomic mass is 19.1. The van der Waals surface area contributed by atoms with Crippen LogP contribution in [0.3, 0.4) is 0 Å². The molecule has 0 aliphatic carbocycles. The number of nitrogens with two attached hydrogens (primary N) is 1. The van der Waals surface area contributed by atoms with E-state index in [0.717, 1.165) is 5.70 Å². The van der Waals surface area contributed by atoms with E-state index in [9.17, 15) is 4.39 Å². The molecule has 1 rings (SSSR count). The average Bonchev–Trinajstić information content (AvgIpc) is 2.28. The highest BCUT2D eigenvalue weighted by molar-refractivity contribution is 5.79. The summed E-state index contributed by atoms with van der Waals surface area (Å²) in [6.07, 6.45) is 5.48. The number of rotatable bonds is 3. The van der Waals surface area contributed by atoms with Gasteiger partial charge in [0.15, 0.2) is 11.7 Å². The summed E-state index contributed by atoms with van der Waals surface area (Å²) in [7, 11) is 0. The number of hydrazine groups is 1. The normalized spacial score (nSPS) is 21.8. The molecule has 0 fully saturated rings. The summed E-state index contributed by atoms with van der Waals surface area (Å²) in [5.41, 5.74) is 3.41. The fourth-order valence-corrected chi connectivity index (χ4v) is 1.44. The third-order valence-corrected chi connectivity index (χ3v) is 2.41. The van der Waals surface area contributed by atoms with Gasteiger partial charge in [-0.25, -0.2) is 9.38 Å². The standard InChI is InChI=1S/C12H18FN3O/c1-4-5-11(9(3)13)17-12-6-8(2)10(16-14)7-15-12/h4-5,7-8,16H,6,14H2,1-3H3/b5-4-,11-9-. The molecule has 17 heavy (non-hydrogen) atoms. The molecule has 1 unspecified atom stereocenters. The Morgan fingerprint density at radius 1 is 1.71 bits per heavy atom. The Hall–Kier alpha value is -1.62. The van der Waals surface area contributed by atoms with Gasteiger partial charge >= 0.3 is 0 Å². The predicted octanol–water partition coefficient (Wildman–Crippen LogP) is 2.52. The van der Waals surface area contributed by atoms with Crippen LogP contribution in [0.5, 0.6) is 0 Å². The number of aliphatic imine (C=N–C) groups is 1. The minimum atomic E-state index is -0.370. The molecule has 1 aliphatic rings. The van der Waals surface area contributed by atoms with Crippen molar-refractivity contribution >= 4 is 5.90 Å². The highest BCUT2D eigenvalue weighted by Crippen LogP contribution is 2.20. The lowest BCUT2D eigenvalue weighted by Gasteiger charge is -2.20. The average molecular weight is 239 g/mol. The van der Waals surface area contributed by atoms with Crippen LogP contribution in [0.2, 0.25) is 0 Å². The van der Waals surface area contributed by atoms with Crippen molar-refractivity contribution in [3.63, 3.8) is 0 Å². The summed E-state index contributed by atoms with van der Waals surface area (Å²) in [5.74, 6) is 5.82. The van der Waals surface area contributed by atoms with Gasteiger partial charge in [0.1, 0.15) is 5.83 Å². The topological polar surface area (TPSA) is 59.6 Å². The van der Waals surface area contributed by atoms with E-state index in [2.05, 4.69) is 10.4 Å². The van der Waals surface area contributed by atoms with Crippen LogP contribution in [0, 0.1) is 5.92 Å². The summed E-state index contributed by atoms with van der Waals surface area (Å²) in [4.78, 5) is 4.09. The van der Waals surface area contributed by atoms with Crippen LogP contribution in [0.4, 0.5) is 4.39 Å². The Bertz CT molecular complexity index is 393. The van der Waals surface area contributed by atoms with Crippen LogP contribution in [-0.2, 0) is 4.74 Å². The first-order valence-corrected chi connectivity index (χ1v) is 5.48. The molecular weight excluding hydrogens is 221 g/mol. The number of hydrogen-bond donors (Lipinski definition) is 2. The van der Waals surface area contributed by atoms with Crippen molar-refractivity contribution in [1.82, 2.24) is 5.43 Å². The van der Waals surface area contributed by atoms with Crippen molar-refractivity contribution in [2.24, 2.45) is 16.8 Å². The van der Waals surface area contributed by atoms with Crippen LogP contribution < -0.4 is 11.3 Å². The molecule has 4 nitrogen and oxygen atoms in total. The number of halogens is 1. The Kier molecular flexibility index (Phi) is 4.90. The van der Waals surface area contributed by atoms with E-state index in [1.807, 2.05) is 6.92 Å². The molecule has 0 amide bonds. The van der Waals surface area contributed by atoms with E-state index < -0.39 is 0 Å². The van der Waals surface area contributed by atoms with Crippen molar-refractivity contribution in [3.05, 3.63) is 35.6 Å². The zero-order valence-electron chi connectivity index (χ0n) is 10.3.